The molecular formula is C17H30O2. The molecule has 0 unspecified atom stereocenters. The highest BCUT2D eigenvalue weighted by Crippen LogP contribution is 2.07. The number of aliphatic carboxylic acids is 1. The average molecular weight is 266 g/mol. The van der Waals surface area contributed by atoms with Gasteiger partial charge in [0.2, 0.25) is 0 Å². The highest BCUT2D eigenvalue weighted by Gasteiger charge is 1.95. The van der Waals surface area contributed by atoms with Gasteiger partial charge in [0.1, 0.15) is 0 Å². The molecule has 2 heteroatoms. The summed E-state index contributed by atoms with van der Waals surface area (Å²) < 4.78 is 0. The van der Waals surface area contributed by atoms with Gasteiger partial charge >= 0.3 is 5.97 Å². The van der Waals surface area contributed by atoms with Gasteiger partial charge in [-0.25, -0.2) is 0 Å². The highest BCUT2D eigenvalue weighted by atomic mass is 16.4. The summed E-state index contributed by atoms with van der Waals surface area (Å²) in [5, 5.41) is 8.49. The predicted molar refractivity (Wildman–Crippen MR) is 82.4 cm³/mol. The van der Waals surface area contributed by atoms with Crippen molar-refractivity contribution in [3.05, 3.63) is 24.3 Å². The van der Waals surface area contributed by atoms with Gasteiger partial charge in [-0.2, -0.15) is 0 Å². The topological polar surface area (TPSA) is 37.3 Å². The monoisotopic (exact) mass is 266 g/mol. The zero-order chi connectivity index (χ0) is 14.2. The molecule has 0 aromatic carbocycles. The number of carbonyl (C=O) groups is 1. The summed E-state index contributed by atoms with van der Waals surface area (Å²) in [5.74, 6) is -0.671. The van der Waals surface area contributed by atoms with E-state index in [1.807, 2.05) is 0 Å². The van der Waals surface area contributed by atoms with Gasteiger partial charge in [-0.3, -0.25) is 4.79 Å². The molecule has 0 fully saturated rings. The summed E-state index contributed by atoms with van der Waals surface area (Å²) in [5.41, 5.74) is 0. The number of hydrogen-bond acceptors (Lipinski definition) is 1. The van der Waals surface area contributed by atoms with E-state index in [-0.39, 0.29) is 0 Å². The van der Waals surface area contributed by atoms with Crippen LogP contribution in [0.3, 0.4) is 0 Å². The Bertz CT molecular complexity index is 254. The molecule has 0 aromatic rings. The number of carboxylic acids is 1. The smallest absolute Gasteiger partial charge is 0.303 e. The van der Waals surface area contributed by atoms with Gasteiger partial charge in [0.25, 0.3) is 0 Å². The van der Waals surface area contributed by atoms with Crippen molar-refractivity contribution in [1.82, 2.24) is 0 Å². The van der Waals surface area contributed by atoms with Gasteiger partial charge in [0.15, 0.2) is 0 Å². The molecule has 0 rings (SSSR count). The Morgan fingerprint density at radius 2 is 1.42 bits per heavy atom. The Labute approximate surface area is 118 Å². The van der Waals surface area contributed by atoms with Crippen LogP contribution in [0.15, 0.2) is 24.3 Å². The van der Waals surface area contributed by atoms with Crippen molar-refractivity contribution in [2.24, 2.45) is 0 Å². The predicted octanol–water partition coefficient (Wildman–Crippen LogP) is 5.49. The number of allylic oxidation sites excluding steroid dienone is 4. The molecule has 0 heterocycles. The van der Waals surface area contributed by atoms with E-state index in [9.17, 15) is 4.79 Å². The minimum absolute atomic E-state index is 0.324. The zero-order valence-corrected chi connectivity index (χ0v) is 12.4. The van der Waals surface area contributed by atoms with Gasteiger partial charge in [0, 0.05) is 6.42 Å². The van der Waals surface area contributed by atoms with Crippen LogP contribution in [0.25, 0.3) is 0 Å². The molecule has 0 spiro atoms. The van der Waals surface area contributed by atoms with Gasteiger partial charge in [0.05, 0.1) is 0 Å². The van der Waals surface area contributed by atoms with Crippen LogP contribution < -0.4 is 0 Å². The van der Waals surface area contributed by atoms with Gasteiger partial charge in [-0.1, -0.05) is 63.3 Å². The van der Waals surface area contributed by atoms with Crippen molar-refractivity contribution in [1.29, 1.82) is 0 Å². The largest absolute Gasteiger partial charge is 0.481 e. The Morgan fingerprint density at radius 3 is 2.05 bits per heavy atom. The lowest BCUT2D eigenvalue weighted by atomic mass is 10.1. The Morgan fingerprint density at radius 1 is 0.842 bits per heavy atom. The first kappa shape index (κ1) is 17.9. The van der Waals surface area contributed by atoms with Crippen LogP contribution in [0, 0.1) is 0 Å². The van der Waals surface area contributed by atoms with E-state index in [2.05, 4.69) is 31.2 Å². The Hall–Kier alpha value is -1.05. The van der Waals surface area contributed by atoms with Crippen molar-refractivity contribution in [2.45, 2.75) is 77.6 Å². The van der Waals surface area contributed by atoms with Crippen LogP contribution in [0.1, 0.15) is 77.6 Å². The number of carboxylic acid groups (broad SMARTS) is 1. The molecule has 0 atom stereocenters. The molecular weight excluding hydrogens is 236 g/mol. The second-order valence-corrected chi connectivity index (χ2v) is 5.02. The minimum atomic E-state index is -0.671. The second kappa shape index (κ2) is 15.0. The summed E-state index contributed by atoms with van der Waals surface area (Å²) in [4.78, 5) is 10.3. The van der Waals surface area contributed by atoms with Crippen molar-refractivity contribution in [3.8, 4) is 0 Å². The van der Waals surface area contributed by atoms with Crippen LogP contribution in [-0.4, -0.2) is 11.1 Å². The van der Waals surface area contributed by atoms with E-state index in [4.69, 9.17) is 5.11 Å². The second-order valence-electron chi connectivity index (χ2n) is 5.02. The molecule has 0 aliphatic carbocycles. The Balaban J connectivity index is 3.16. The first-order valence-corrected chi connectivity index (χ1v) is 7.79. The first-order chi connectivity index (χ1) is 9.27. The number of rotatable bonds is 13. The molecule has 0 aliphatic heterocycles. The normalized spacial score (nSPS) is 11.6. The molecule has 110 valence electrons. The third-order valence-corrected chi connectivity index (χ3v) is 3.09. The maximum Gasteiger partial charge on any atom is 0.303 e. The van der Waals surface area contributed by atoms with Crippen LogP contribution in [0.5, 0.6) is 0 Å². The van der Waals surface area contributed by atoms with E-state index in [1.54, 1.807) is 0 Å². The van der Waals surface area contributed by atoms with Gasteiger partial charge in [-0.05, 0) is 32.1 Å². The molecule has 0 saturated heterocycles. The number of unbranched alkanes of at least 4 members (excludes halogenated alkanes) is 7. The van der Waals surface area contributed by atoms with E-state index >= 15 is 0 Å². The van der Waals surface area contributed by atoms with E-state index in [0.717, 1.165) is 32.1 Å². The fourth-order valence-corrected chi connectivity index (χ4v) is 1.90. The lowest BCUT2D eigenvalue weighted by molar-refractivity contribution is -0.137. The van der Waals surface area contributed by atoms with Gasteiger partial charge < -0.3 is 5.11 Å². The lowest BCUT2D eigenvalue weighted by Gasteiger charge is -1.98. The molecule has 0 amide bonds. The molecule has 0 saturated carbocycles. The molecule has 0 aromatic heterocycles. The van der Waals surface area contributed by atoms with E-state index in [1.165, 1.54) is 32.1 Å². The maximum atomic E-state index is 10.3. The van der Waals surface area contributed by atoms with Crippen LogP contribution in [0.2, 0.25) is 0 Å². The lowest BCUT2D eigenvalue weighted by Crippen LogP contribution is -1.93. The average Bonchev–Trinajstić information content (AvgIpc) is 2.39. The van der Waals surface area contributed by atoms with E-state index in [0.29, 0.717) is 6.42 Å². The standard InChI is InChI=1S/C17H30O2/c1-2-3-4-5-6-7-8-9-10-11-12-13-14-15-16-17(18)19/h5-6,8-9H,2-4,7,10-16H2,1H3,(H,18,19)/b6-5-,9-8-. The minimum Gasteiger partial charge on any atom is -0.481 e. The first-order valence-electron chi connectivity index (χ1n) is 7.79. The van der Waals surface area contributed by atoms with Crippen molar-refractivity contribution < 1.29 is 9.90 Å². The fourth-order valence-electron chi connectivity index (χ4n) is 1.90. The summed E-state index contributed by atoms with van der Waals surface area (Å²) in [7, 11) is 0. The molecule has 0 radical (unpaired) electrons. The zero-order valence-electron chi connectivity index (χ0n) is 12.4. The van der Waals surface area contributed by atoms with Crippen molar-refractivity contribution in [3.63, 3.8) is 0 Å². The molecule has 2 nitrogen and oxygen atoms in total. The van der Waals surface area contributed by atoms with Crippen LogP contribution >= 0.6 is 0 Å². The van der Waals surface area contributed by atoms with Crippen LogP contribution in [0.4, 0.5) is 0 Å². The third-order valence-electron chi connectivity index (χ3n) is 3.09. The summed E-state index contributed by atoms with van der Waals surface area (Å²) in [6.07, 6.45) is 20.8. The van der Waals surface area contributed by atoms with Crippen molar-refractivity contribution >= 4 is 5.97 Å². The molecule has 19 heavy (non-hydrogen) atoms. The van der Waals surface area contributed by atoms with E-state index < -0.39 is 5.97 Å². The maximum absolute atomic E-state index is 10.3. The molecule has 0 aliphatic rings. The molecule has 0 bridgehead atoms. The van der Waals surface area contributed by atoms with Gasteiger partial charge in [-0.15, -0.1) is 0 Å². The fraction of sp³-hybridized carbons (Fsp3) is 0.706. The number of hydrogen-bond donors (Lipinski definition) is 1. The summed E-state index contributed by atoms with van der Waals surface area (Å²) >= 11 is 0. The Kier molecular flexibility index (Phi) is 14.2. The third kappa shape index (κ3) is 16.9. The molecule has 1 N–H and O–H groups in total. The summed E-state index contributed by atoms with van der Waals surface area (Å²) in [6, 6.07) is 0. The SMILES string of the molecule is CCCC/C=C\C/C=C\CCCCCCCC(=O)O. The van der Waals surface area contributed by atoms with Crippen LogP contribution in [-0.2, 0) is 4.79 Å². The summed E-state index contributed by atoms with van der Waals surface area (Å²) in [6.45, 7) is 2.22. The van der Waals surface area contributed by atoms with Crippen molar-refractivity contribution in [2.75, 3.05) is 0 Å². The quantitative estimate of drug-likeness (QED) is 0.353. The highest BCUT2D eigenvalue weighted by molar-refractivity contribution is 5.66.